The van der Waals surface area contributed by atoms with Crippen molar-refractivity contribution in [1.82, 2.24) is 0 Å². The SMILES string of the molecule is CCC(C)(N)N.Cl.Cl. The van der Waals surface area contributed by atoms with Crippen molar-refractivity contribution in [3.8, 4) is 0 Å². The van der Waals surface area contributed by atoms with Crippen LogP contribution < -0.4 is 11.5 Å². The molecule has 0 aliphatic heterocycles. The predicted octanol–water partition coefficient (Wildman–Crippen LogP) is 0.874. The third kappa shape index (κ3) is 16.1. The van der Waals surface area contributed by atoms with E-state index in [0.717, 1.165) is 6.42 Å². The minimum atomic E-state index is -0.458. The van der Waals surface area contributed by atoms with E-state index in [0.29, 0.717) is 0 Å². The molecule has 0 heterocycles. The molecular formula is C4H14Cl2N2. The molecule has 0 aromatic carbocycles. The summed E-state index contributed by atoms with van der Waals surface area (Å²) in [7, 11) is 0. The first-order chi connectivity index (χ1) is 2.56. The first kappa shape index (κ1) is 15.8. The number of rotatable bonds is 1. The molecule has 4 N–H and O–H groups in total. The molecule has 0 aromatic rings. The summed E-state index contributed by atoms with van der Waals surface area (Å²) in [6, 6.07) is 0. The average molecular weight is 161 g/mol. The summed E-state index contributed by atoms with van der Waals surface area (Å²) in [6.07, 6.45) is 0.826. The molecule has 0 bridgehead atoms. The lowest BCUT2D eigenvalue weighted by molar-refractivity contribution is 0.473. The van der Waals surface area contributed by atoms with Crippen molar-refractivity contribution in [3.05, 3.63) is 0 Å². The average Bonchev–Trinajstić information content (AvgIpc) is 1.35. The van der Waals surface area contributed by atoms with Gasteiger partial charge in [-0.1, -0.05) is 6.92 Å². The van der Waals surface area contributed by atoms with Gasteiger partial charge in [0.25, 0.3) is 0 Å². The Labute approximate surface area is 62.8 Å². The summed E-state index contributed by atoms with van der Waals surface area (Å²) >= 11 is 0. The topological polar surface area (TPSA) is 52.0 Å². The van der Waals surface area contributed by atoms with Gasteiger partial charge in [-0.05, 0) is 13.3 Å². The van der Waals surface area contributed by atoms with Gasteiger partial charge in [0, 0.05) is 0 Å². The molecule has 0 aromatic heterocycles. The summed E-state index contributed by atoms with van der Waals surface area (Å²) in [5.41, 5.74) is 10.2. The van der Waals surface area contributed by atoms with Crippen LogP contribution in [0.2, 0.25) is 0 Å². The highest BCUT2D eigenvalue weighted by molar-refractivity contribution is 5.85. The Morgan fingerprint density at radius 2 is 1.38 bits per heavy atom. The van der Waals surface area contributed by atoms with Crippen molar-refractivity contribution in [1.29, 1.82) is 0 Å². The largest absolute Gasteiger partial charge is 0.314 e. The van der Waals surface area contributed by atoms with E-state index in [4.69, 9.17) is 11.5 Å². The van der Waals surface area contributed by atoms with Gasteiger partial charge in [0.05, 0.1) is 5.66 Å². The number of halogens is 2. The van der Waals surface area contributed by atoms with Gasteiger partial charge in [0.1, 0.15) is 0 Å². The van der Waals surface area contributed by atoms with E-state index >= 15 is 0 Å². The lowest BCUT2D eigenvalue weighted by atomic mass is 10.2. The van der Waals surface area contributed by atoms with Crippen molar-refractivity contribution >= 4 is 24.8 Å². The molecule has 0 spiro atoms. The van der Waals surface area contributed by atoms with Gasteiger partial charge in [-0.3, -0.25) is 0 Å². The highest BCUT2D eigenvalue weighted by atomic mass is 35.5. The maximum atomic E-state index is 5.31. The van der Waals surface area contributed by atoms with Gasteiger partial charge in [0.15, 0.2) is 0 Å². The zero-order valence-electron chi connectivity index (χ0n) is 5.18. The van der Waals surface area contributed by atoms with Crippen LogP contribution in [0.15, 0.2) is 0 Å². The molecule has 54 valence electrons. The van der Waals surface area contributed by atoms with E-state index < -0.39 is 5.66 Å². The fraction of sp³-hybridized carbons (Fsp3) is 1.00. The Bertz CT molecular complexity index is 41.8. The molecule has 8 heavy (non-hydrogen) atoms. The minimum Gasteiger partial charge on any atom is -0.314 e. The van der Waals surface area contributed by atoms with Crippen LogP contribution >= 0.6 is 24.8 Å². The predicted molar refractivity (Wildman–Crippen MR) is 41.6 cm³/mol. The Kier molecular flexibility index (Phi) is 11.1. The zero-order chi connectivity index (χ0) is 5.21. The third-order valence-corrected chi connectivity index (χ3v) is 0.762. The first-order valence-corrected chi connectivity index (χ1v) is 2.14. The van der Waals surface area contributed by atoms with Gasteiger partial charge in [-0.25, -0.2) is 0 Å². The Balaban J connectivity index is -0.000000125. The second-order valence-electron chi connectivity index (χ2n) is 1.86. The molecule has 0 fully saturated rings. The zero-order valence-corrected chi connectivity index (χ0v) is 6.81. The second kappa shape index (κ2) is 5.63. The third-order valence-electron chi connectivity index (χ3n) is 0.762. The molecular weight excluding hydrogens is 147 g/mol. The highest BCUT2D eigenvalue weighted by Gasteiger charge is 2.03. The normalized spacial score (nSPS) is 9.00. The van der Waals surface area contributed by atoms with E-state index in [1.807, 2.05) is 6.92 Å². The van der Waals surface area contributed by atoms with Crippen LogP contribution in [0, 0.1) is 0 Å². The summed E-state index contributed by atoms with van der Waals surface area (Å²) in [5, 5.41) is 0. The van der Waals surface area contributed by atoms with Crippen LogP contribution in [0.5, 0.6) is 0 Å². The Hall–Kier alpha value is 0.500. The fourth-order valence-corrected chi connectivity index (χ4v) is 0. The number of hydrogen-bond donors (Lipinski definition) is 2. The maximum Gasteiger partial charge on any atom is 0.0604 e. The minimum absolute atomic E-state index is 0. The van der Waals surface area contributed by atoms with Crippen LogP contribution in [-0.2, 0) is 0 Å². The number of nitrogens with two attached hydrogens (primary N) is 2. The van der Waals surface area contributed by atoms with Crippen molar-refractivity contribution in [2.45, 2.75) is 25.9 Å². The fourth-order valence-electron chi connectivity index (χ4n) is 0. The van der Waals surface area contributed by atoms with Crippen molar-refractivity contribution in [3.63, 3.8) is 0 Å². The Morgan fingerprint density at radius 3 is 1.38 bits per heavy atom. The molecule has 0 saturated heterocycles. The van der Waals surface area contributed by atoms with Crippen LogP contribution in [0.1, 0.15) is 20.3 Å². The van der Waals surface area contributed by atoms with E-state index in [2.05, 4.69) is 0 Å². The van der Waals surface area contributed by atoms with Gasteiger partial charge >= 0.3 is 0 Å². The molecule has 4 heteroatoms. The van der Waals surface area contributed by atoms with Crippen LogP contribution in [0.4, 0.5) is 0 Å². The summed E-state index contributed by atoms with van der Waals surface area (Å²) in [4.78, 5) is 0. The summed E-state index contributed by atoms with van der Waals surface area (Å²) in [6.45, 7) is 3.76. The molecule has 0 rings (SSSR count). The summed E-state index contributed by atoms with van der Waals surface area (Å²) in [5.74, 6) is 0. The number of hydrogen-bond acceptors (Lipinski definition) is 2. The van der Waals surface area contributed by atoms with Gasteiger partial charge in [0.2, 0.25) is 0 Å². The maximum absolute atomic E-state index is 5.31. The molecule has 0 saturated carbocycles. The lowest BCUT2D eigenvalue weighted by Gasteiger charge is -2.13. The van der Waals surface area contributed by atoms with Crippen LogP contribution in [0.25, 0.3) is 0 Å². The van der Waals surface area contributed by atoms with Crippen molar-refractivity contribution < 1.29 is 0 Å². The quantitative estimate of drug-likeness (QED) is 0.560. The molecule has 2 nitrogen and oxygen atoms in total. The first-order valence-electron chi connectivity index (χ1n) is 2.14. The van der Waals surface area contributed by atoms with Crippen LogP contribution in [0.3, 0.4) is 0 Å². The molecule has 0 aliphatic rings. The second-order valence-corrected chi connectivity index (χ2v) is 1.86. The van der Waals surface area contributed by atoms with Crippen LogP contribution in [-0.4, -0.2) is 5.66 Å². The van der Waals surface area contributed by atoms with E-state index in [-0.39, 0.29) is 24.8 Å². The standard InChI is InChI=1S/C4H12N2.2ClH/c1-3-4(2,5)6;;/h3,5-6H2,1-2H3;2*1H. The molecule has 0 aliphatic carbocycles. The van der Waals surface area contributed by atoms with Gasteiger partial charge in [-0.15, -0.1) is 24.8 Å². The highest BCUT2D eigenvalue weighted by Crippen LogP contribution is 1.90. The van der Waals surface area contributed by atoms with Crippen molar-refractivity contribution in [2.24, 2.45) is 11.5 Å². The summed E-state index contributed by atoms with van der Waals surface area (Å²) < 4.78 is 0. The van der Waals surface area contributed by atoms with Gasteiger partial charge in [-0.2, -0.15) is 0 Å². The molecule has 0 atom stereocenters. The monoisotopic (exact) mass is 160 g/mol. The van der Waals surface area contributed by atoms with E-state index in [9.17, 15) is 0 Å². The molecule has 0 radical (unpaired) electrons. The van der Waals surface area contributed by atoms with Crippen molar-refractivity contribution in [2.75, 3.05) is 0 Å². The van der Waals surface area contributed by atoms with E-state index in [1.165, 1.54) is 0 Å². The molecule has 0 unspecified atom stereocenters. The van der Waals surface area contributed by atoms with Gasteiger partial charge < -0.3 is 11.5 Å². The lowest BCUT2D eigenvalue weighted by Crippen LogP contribution is -2.44. The Morgan fingerprint density at radius 1 is 1.25 bits per heavy atom. The molecule has 0 amide bonds. The smallest absolute Gasteiger partial charge is 0.0604 e. The van der Waals surface area contributed by atoms with E-state index in [1.54, 1.807) is 6.92 Å².